The number of urea groups is 1. The quantitative estimate of drug-likeness (QED) is 0.372. The molecule has 11 heteroatoms. The topological polar surface area (TPSA) is 138 Å². The van der Waals surface area contributed by atoms with Crippen molar-refractivity contribution >= 4 is 46.8 Å². The maximum Gasteiger partial charge on any atom is 0.345 e. The highest BCUT2D eigenvalue weighted by atomic mass is 32.1. The van der Waals surface area contributed by atoms with Gasteiger partial charge in [-0.3, -0.25) is 10.1 Å². The van der Waals surface area contributed by atoms with Crippen LogP contribution in [0.2, 0.25) is 0 Å². The van der Waals surface area contributed by atoms with Crippen LogP contribution in [0.5, 0.6) is 0 Å². The zero-order valence-corrected chi connectivity index (χ0v) is 15.6. The van der Waals surface area contributed by atoms with Gasteiger partial charge >= 0.3 is 12.0 Å². The first-order valence-electron chi connectivity index (χ1n) is 8.81. The van der Waals surface area contributed by atoms with Gasteiger partial charge in [-0.05, 0) is 31.1 Å². The Labute approximate surface area is 167 Å². The lowest BCUT2D eigenvalue weighted by Crippen LogP contribution is -2.22. The largest absolute Gasteiger partial charge is 0.477 e. The number of imide groups is 1. The maximum atomic E-state index is 11.8. The van der Waals surface area contributed by atoms with E-state index in [1.165, 1.54) is 6.08 Å². The first-order valence-corrected chi connectivity index (χ1v) is 9.62. The van der Waals surface area contributed by atoms with Crippen molar-refractivity contribution in [1.82, 2.24) is 25.2 Å². The molecule has 0 spiro atoms. The number of hydrogen-bond acceptors (Lipinski definition) is 7. The van der Waals surface area contributed by atoms with Crippen LogP contribution in [0.15, 0.2) is 30.1 Å². The molecule has 1 aliphatic carbocycles. The predicted octanol–water partition coefficient (Wildman–Crippen LogP) is 1.91. The molecule has 2 aliphatic rings. The average Bonchev–Trinajstić information content (AvgIpc) is 3.08. The number of aromatic carboxylic acids is 1. The van der Waals surface area contributed by atoms with Gasteiger partial charge < -0.3 is 15.7 Å². The zero-order chi connectivity index (χ0) is 20.1. The summed E-state index contributed by atoms with van der Waals surface area (Å²) < 4.78 is 1.63. The van der Waals surface area contributed by atoms with Crippen LogP contribution in [0.25, 0.3) is 22.3 Å². The van der Waals surface area contributed by atoms with Crippen molar-refractivity contribution in [2.45, 2.75) is 18.9 Å². The smallest absolute Gasteiger partial charge is 0.345 e. The Morgan fingerprint density at radius 3 is 2.79 bits per heavy atom. The summed E-state index contributed by atoms with van der Waals surface area (Å²) in [5, 5.41) is 21.6. The summed E-state index contributed by atoms with van der Waals surface area (Å²) >= 11 is 1.13. The first kappa shape index (κ1) is 17.4. The molecule has 29 heavy (non-hydrogen) atoms. The third-order valence-electron chi connectivity index (χ3n) is 4.52. The summed E-state index contributed by atoms with van der Waals surface area (Å²) in [5.41, 5.74) is 1.74. The second kappa shape index (κ2) is 6.41. The number of nitrogens with one attached hydrogen (secondary N) is 3. The third-order valence-corrected chi connectivity index (χ3v) is 5.61. The van der Waals surface area contributed by atoms with E-state index in [2.05, 4.69) is 26.0 Å². The van der Waals surface area contributed by atoms with E-state index in [-0.39, 0.29) is 10.6 Å². The number of fused-ring (bicyclic) bond motifs is 1. The minimum absolute atomic E-state index is 0.109. The van der Waals surface area contributed by atoms with Crippen LogP contribution in [0, 0.1) is 0 Å². The Kier molecular flexibility index (Phi) is 3.84. The molecule has 10 nitrogen and oxygen atoms in total. The highest BCUT2D eigenvalue weighted by molar-refractivity contribution is 7.17. The average molecular weight is 410 g/mol. The van der Waals surface area contributed by atoms with Crippen molar-refractivity contribution in [1.29, 1.82) is 0 Å². The molecule has 3 aromatic rings. The Hall–Kier alpha value is -3.73. The van der Waals surface area contributed by atoms with Crippen molar-refractivity contribution in [3.8, 4) is 10.6 Å². The van der Waals surface area contributed by atoms with Crippen molar-refractivity contribution in [2.75, 3.05) is 5.32 Å². The van der Waals surface area contributed by atoms with Crippen LogP contribution in [0.1, 0.15) is 28.1 Å². The second-order valence-electron chi connectivity index (χ2n) is 6.72. The monoisotopic (exact) mass is 410 g/mol. The lowest BCUT2D eigenvalue weighted by Gasteiger charge is -2.09. The highest BCUT2D eigenvalue weighted by Crippen LogP contribution is 2.32. The number of anilines is 1. The van der Waals surface area contributed by atoms with Gasteiger partial charge in [-0.25, -0.2) is 14.6 Å². The van der Waals surface area contributed by atoms with Crippen LogP contribution in [-0.2, 0) is 4.79 Å². The zero-order valence-electron chi connectivity index (χ0n) is 14.8. The molecule has 146 valence electrons. The van der Waals surface area contributed by atoms with Gasteiger partial charge in [-0.2, -0.15) is 9.61 Å². The van der Waals surface area contributed by atoms with E-state index in [1.54, 1.807) is 22.8 Å². The number of carbonyl (C=O) groups excluding carboxylic acids is 2. The summed E-state index contributed by atoms with van der Waals surface area (Å²) in [5.74, 6) is -0.787. The van der Waals surface area contributed by atoms with Crippen LogP contribution in [-0.4, -0.2) is 43.7 Å². The summed E-state index contributed by atoms with van der Waals surface area (Å²) in [6, 6.07) is 4.86. The number of carboxylic acids is 1. The molecule has 0 radical (unpaired) electrons. The first-order chi connectivity index (χ1) is 14.0. The van der Waals surface area contributed by atoms with Gasteiger partial charge in [0, 0.05) is 17.7 Å². The van der Waals surface area contributed by atoms with Gasteiger partial charge in [0.05, 0.1) is 16.8 Å². The Bertz CT molecular complexity index is 1220. The van der Waals surface area contributed by atoms with E-state index >= 15 is 0 Å². The van der Waals surface area contributed by atoms with Gasteiger partial charge in [0.2, 0.25) is 0 Å². The van der Waals surface area contributed by atoms with Crippen molar-refractivity contribution in [2.24, 2.45) is 0 Å². The molecular weight excluding hydrogens is 396 g/mol. The SMILES string of the molecule is O=C1NC(=O)/C(=C/c2cnn3c(NC4CC4)cc(-c4ccc(C(=O)O)s4)nc23)N1. The molecule has 4 heterocycles. The molecule has 3 aromatic heterocycles. The van der Waals surface area contributed by atoms with Crippen LogP contribution >= 0.6 is 11.3 Å². The molecule has 3 amide bonds. The number of aromatic nitrogens is 3. The Morgan fingerprint density at radius 1 is 1.31 bits per heavy atom. The van der Waals surface area contributed by atoms with Gasteiger partial charge in [0.25, 0.3) is 5.91 Å². The highest BCUT2D eigenvalue weighted by Gasteiger charge is 2.25. The van der Waals surface area contributed by atoms with E-state index in [1.807, 2.05) is 6.07 Å². The minimum Gasteiger partial charge on any atom is -0.477 e. The molecule has 0 aromatic carbocycles. The van der Waals surface area contributed by atoms with Crippen LogP contribution in [0.4, 0.5) is 10.6 Å². The number of carbonyl (C=O) groups is 3. The van der Waals surface area contributed by atoms with Crippen LogP contribution < -0.4 is 16.0 Å². The van der Waals surface area contributed by atoms with Gasteiger partial charge in [0.1, 0.15) is 16.4 Å². The Morgan fingerprint density at radius 2 is 2.14 bits per heavy atom. The summed E-state index contributed by atoms with van der Waals surface area (Å²) in [4.78, 5) is 40.0. The Balaban J connectivity index is 1.64. The van der Waals surface area contributed by atoms with Gasteiger partial charge in [-0.15, -0.1) is 11.3 Å². The van der Waals surface area contributed by atoms with Crippen molar-refractivity contribution < 1.29 is 19.5 Å². The maximum absolute atomic E-state index is 11.8. The van der Waals surface area contributed by atoms with Crippen LogP contribution in [0.3, 0.4) is 0 Å². The fourth-order valence-corrected chi connectivity index (χ4v) is 3.78. The molecular formula is C18H14N6O4S. The molecule has 1 saturated carbocycles. The normalized spacial score (nSPS) is 17.6. The molecule has 4 N–H and O–H groups in total. The number of carboxylic acid groups (broad SMARTS) is 1. The van der Waals surface area contributed by atoms with E-state index in [0.717, 1.165) is 30.0 Å². The summed E-state index contributed by atoms with van der Waals surface area (Å²) in [6.07, 6.45) is 5.20. The lowest BCUT2D eigenvalue weighted by molar-refractivity contribution is -0.115. The van der Waals surface area contributed by atoms with E-state index in [0.29, 0.717) is 27.8 Å². The number of amides is 3. The third kappa shape index (κ3) is 3.21. The molecule has 1 aliphatic heterocycles. The molecule has 0 bridgehead atoms. The van der Waals surface area contributed by atoms with E-state index < -0.39 is 17.9 Å². The minimum atomic E-state index is -0.989. The number of thiophene rings is 1. The number of hydrogen-bond donors (Lipinski definition) is 4. The second-order valence-corrected chi connectivity index (χ2v) is 7.80. The van der Waals surface area contributed by atoms with E-state index in [4.69, 9.17) is 0 Å². The summed E-state index contributed by atoms with van der Waals surface area (Å²) in [6.45, 7) is 0. The molecule has 1 saturated heterocycles. The summed E-state index contributed by atoms with van der Waals surface area (Å²) in [7, 11) is 0. The van der Waals surface area contributed by atoms with Gasteiger partial charge in [-0.1, -0.05) is 0 Å². The number of nitrogens with zero attached hydrogens (tertiary/aromatic N) is 3. The van der Waals surface area contributed by atoms with E-state index in [9.17, 15) is 19.5 Å². The van der Waals surface area contributed by atoms with Crippen molar-refractivity contribution in [3.05, 3.63) is 40.5 Å². The van der Waals surface area contributed by atoms with Crippen molar-refractivity contribution in [3.63, 3.8) is 0 Å². The molecule has 0 atom stereocenters. The fourth-order valence-electron chi connectivity index (χ4n) is 2.98. The standard InChI is InChI=1S/C18H14N6O4S/c25-16-11(22-18(28)23-16)5-8-7-19-24-14(20-9-1-2-9)6-10(21-15(8)24)12-3-4-13(29-12)17(26)27/h3-7,9,20H,1-2H2,(H,26,27)(H2,22,23,25,28)/b11-5-. The molecule has 2 fully saturated rings. The molecule has 5 rings (SSSR count). The predicted molar refractivity (Wildman–Crippen MR) is 105 cm³/mol. The molecule has 0 unspecified atom stereocenters. The fraction of sp³-hybridized carbons (Fsp3) is 0.167. The lowest BCUT2D eigenvalue weighted by atomic mass is 10.2. The number of rotatable bonds is 5. The van der Waals surface area contributed by atoms with Gasteiger partial charge in [0.15, 0.2) is 5.65 Å².